The van der Waals surface area contributed by atoms with Gasteiger partial charge in [0.2, 0.25) is 11.4 Å². The van der Waals surface area contributed by atoms with Crippen molar-refractivity contribution in [2.24, 2.45) is 0 Å². The Balaban J connectivity index is 4.90. The normalized spacial score (nSPS) is 13.1. The van der Waals surface area contributed by atoms with Crippen LogP contribution in [0.15, 0.2) is 0 Å². The van der Waals surface area contributed by atoms with Crippen LogP contribution in [0.3, 0.4) is 0 Å². The Morgan fingerprint density at radius 2 is 1.46 bits per heavy atom. The van der Waals surface area contributed by atoms with Crippen molar-refractivity contribution in [3.63, 3.8) is 0 Å². The van der Waals surface area contributed by atoms with Crippen LogP contribution in [0.25, 0.3) is 0 Å². The second kappa shape index (κ2) is 3.88. The van der Waals surface area contributed by atoms with Crippen molar-refractivity contribution in [1.82, 2.24) is 5.32 Å². The van der Waals surface area contributed by atoms with E-state index in [0.717, 1.165) is 6.92 Å². The van der Waals surface area contributed by atoms with Gasteiger partial charge in [0.15, 0.2) is 0 Å². The summed E-state index contributed by atoms with van der Waals surface area (Å²) in [5.74, 6) is -0.934. The third-order valence-corrected chi connectivity index (χ3v) is 4.31. The van der Waals surface area contributed by atoms with E-state index in [1.807, 2.05) is 0 Å². The van der Waals surface area contributed by atoms with Gasteiger partial charge in [-0.05, 0) is 0 Å². The molecule has 0 bridgehead atoms. The van der Waals surface area contributed by atoms with Gasteiger partial charge >= 0.3 is 15.2 Å². The lowest BCUT2D eigenvalue weighted by molar-refractivity contribution is -0.119. The van der Waals surface area contributed by atoms with Crippen molar-refractivity contribution >= 4 is 21.1 Å². The van der Waals surface area contributed by atoms with E-state index in [-0.39, 0.29) is 0 Å². The van der Waals surface area contributed by atoms with Crippen molar-refractivity contribution in [3.05, 3.63) is 0 Å². The van der Waals surface area contributed by atoms with Crippen LogP contribution in [0, 0.1) is 0 Å². The number of hydrogen-bond donors (Lipinski definition) is 5. The molecule has 0 spiro atoms. The Morgan fingerprint density at radius 3 is 1.54 bits per heavy atom. The smallest absolute Gasteiger partial charge is 0.332 e. The Labute approximate surface area is 73.3 Å². The van der Waals surface area contributed by atoms with Crippen LogP contribution in [0.2, 0.25) is 0 Å². The first kappa shape index (κ1) is 12.8. The molecule has 0 aromatic heterocycles. The van der Waals surface area contributed by atoms with E-state index in [4.69, 9.17) is 19.6 Å². The zero-order valence-electron chi connectivity index (χ0n) is 6.49. The molecule has 0 radical (unpaired) electrons. The predicted molar refractivity (Wildman–Crippen MR) is 41.7 cm³/mol. The minimum Gasteiger partial charge on any atom is -0.332 e. The van der Waals surface area contributed by atoms with Gasteiger partial charge in [-0.25, -0.2) is 0 Å². The monoisotopic (exact) mass is 233 g/mol. The fraction of sp³-hybridized carbons (Fsp3) is 0.667. The molecule has 0 atom stereocenters. The van der Waals surface area contributed by atoms with E-state index in [0.29, 0.717) is 0 Å². The van der Waals surface area contributed by atoms with E-state index in [1.165, 1.54) is 5.32 Å². The maximum absolute atomic E-state index is 10.5. The topological polar surface area (TPSA) is 144 Å². The molecule has 0 aliphatic rings. The molecular weight excluding hydrogens is 224 g/mol. The van der Waals surface area contributed by atoms with Crippen LogP contribution in [0.5, 0.6) is 0 Å². The number of carbonyl (C=O) groups excluding carboxylic acids is 1. The van der Waals surface area contributed by atoms with E-state index >= 15 is 0 Å². The quantitative estimate of drug-likeness (QED) is 0.383. The Morgan fingerprint density at radius 1 is 1.15 bits per heavy atom. The Hall–Kier alpha value is -0.230. The molecule has 13 heavy (non-hydrogen) atoms. The molecule has 0 aromatic rings. The van der Waals surface area contributed by atoms with Crippen molar-refractivity contribution in [1.29, 1.82) is 0 Å². The molecule has 0 aromatic carbocycles. The fourth-order valence-corrected chi connectivity index (χ4v) is 2.81. The highest BCUT2D eigenvalue weighted by atomic mass is 31.2. The van der Waals surface area contributed by atoms with E-state index in [2.05, 4.69) is 0 Å². The fourth-order valence-electron chi connectivity index (χ4n) is 0.546. The molecule has 0 fully saturated rings. The van der Waals surface area contributed by atoms with Crippen LogP contribution < -0.4 is 5.32 Å². The van der Waals surface area contributed by atoms with Crippen molar-refractivity contribution in [3.8, 4) is 0 Å². The van der Waals surface area contributed by atoms with Crippen LogP contribution in [0.1, 0.15) is 6.92 Å². The van der Waals surface area contributed by atoms with Gasteiger partial charge in [-0.3, -0.25) is 13.9 Å². The lowest BCUT2D eigenvalue weighted by Gasteiger charge is -2.19. The number of rotatable bonds is 3. The summed E-state index contributed by atoms with van der Waals surface area (Å²) in [5.41, 5.74) is -2.46. The standard InChI is InChI=1S/C3H9NO7P2/c1-2(5)4-3(12(6,7)8)13(9,10)11/h3H,1H3,(H,4,5)(H2,6,7,8)(H2,9,10,11). The van der Waals surface area contributed by atoms with E-state index in [1.54, 1.807) is 0 Å². The summed E-state index contributed by atoms with van der Waals surface area (Å²) in [7, 11) is -10.1. The second-order valence-electron chi connectivity index (χ2n) is 2.25. The van der Waals surface area contributed by atoms with Gasteiger partial charge in [0.05, 0.1) is 0 Å². The van der Waals surface area contributed by atoms with Crippen molar-refractivity contribution in [2.45, 2.75) is 12.4 Å². The molecule has 0 unspecified atom stereocenters. The van der Waals surface area contributed by atoms with Gasteiger partial charge < -0.3 is 24.9 Å². The third kappa shape index (κ3) is 4.52. The average Bonchev–Trinajstić information content (AvgIpc) is 1.77. The van der Waals surface area contributed by atoms with Crippen LogP contribution in [-0.4, -0.2) is 31.0 Å². The molecule has 0 saturated heterocycles. The number of amides is 1. The van der Waals surface area contributed by atoms with Gasteiger partial charge in [-0.1, -0.05) is 0 Å². The van der Waals surface area contributed by atoms with Gasteiger partial charge in [0.1, 0.15) is 0 Å². The highest BCUT2D eigenvalue weighted by Crippen LogP contribution is 2.58. The Bertz CT molecular complexity index is 266. The first-order chi connectivity index (χ1) is 5.55. The third-order valence-electron chi connectivity index (χ3n) is 0.970. The highest BCUT2D eigenvalue weighted by Gasteiger charge is 2.43. The minimum atomic E-state index is -5.05. The van der Waals surface area contributed by atoms with E-state index in [9.17, 15) is 13.9 Å². The molecule has 78 valence electrons. The Kier molecular flexibility index (Phi) is 3.81. The molecule has 0 rings (SSSR count). The van der Waals surface area contributed by atoms with Crippen LogP contribution >= 0.6 is 15.2 Å². The lowest BCUT2D eigenvalue weighted by atomic mass is 10.7. The SMILES string of the molecule is CC(=O)NC(P(=O)(O)O)P(=O)(O)O. The molecule has 0 aliphatic carbocycles. The summed E-state index contributed by atoms with van der Waals surface area (Å²) < 4.78 is 21.0. The molecule has 1 amide bonds. The summed E-state index contributed by atoms with van der Waals surface area (Å²) in [4.78, 5) is 44.2. The number of carbonyl (C=O) groups is 1. The summed E-state index contributed by atoms with van der Waals surface area (Å²) in [6, 6.07) is 0. The van der Waals surface area contributed by atoms with Gasteiger partial charge in [0, 0.05) is 6.92 Å². The molecule has 0 heterocycles. The molecule has 0 saturated carbocycles. The molecule has 0 aliphatic heterocycles. The minimum absolute atomic E-state index is 0.887. The zero-order valence-corrected chi connectivity index (χ0v) is 8.27. The van der Waals surface area contributed by atoms with Crippen LogP contribution in [0.4, 0.5) is 0 Å². The average molecular weight is 233 g/mol. The number of nitrogens with one attached hydrogen (secondary N) is 1. The summed E-state index contributed by atoms with van der Waals surface area (Å²) >= 11 is 0. The van der Waals surface area contributed by atoms with E-state index < -0.39 is 26.6 Å². The lowest BCUT2D eigenvalue weighted by Crippen LogP contribution is -2.32. The first-order valence-electron chi connectivity index (χ1n) is 2.92. The van der Waals surface area contributed by atoms with Gasteiger partial charge in [-0.15, -0.1) is 0 Å². The van der Waals surface area contributed by atoms with Crippen molar-refractivity contribution < 1.29 is 33.5 Å². The van der Waals surface area contributed by atoms with Gasteiger partial charge in [-0.2, -0.15) is 0 Å². The van der Waals surface area contributed by atoms with Gasteiger partial charge in [0.25, 0.3) is 0 Å². The molecular formula is C3H9NO7P2. The second-order valence-corrected chi connectivity index (χ2v) is 6.05. The largest absolute Gasteiger partial charge is 0.360 e. The first-order valence-corrected chi connectivity index (χ1v) is 6.29. The highest BCUT2D eigenvalue weighted by molar-refractivity contribution is 7.70. The van der Waals surface area contributed by atoms with Crippen LogP contribution in [-0.2, 0) is 13.9 Å². The predicted octanol–water partition coefficient (Wildman–Crippen LogP) is -1.24. The zero-order chi connectivity index (χ0) is 10.9. The maximum atomic E-state index is 10.5. The summed E-state index contributed by atoms with van der Waals surface area (Å²) in [5, 5.41) is 1.49. The molecule has 8 nitrogen and oxygen atoms in total. The summed E-state index contributed by atoms with van der Waals surface area (Å²) in [6.45, 7) is 0.887. The maximum Gasteiger partial charge on any atom is 0.360 e. The van der Waals surface area contributed by atoms with Crippen molar-refractivity contribution in [2.75, 3.05) is 0 Å². The summed E-state index contributed by atoms with van der Waals surface area (Å²) in [6.07, 6.45) is 0. The molecule has 10 heteroatoms. The number of hydrogen-bond acceptors (Lipinski definition) is 3. The molecule has 5 N–H and O–H groups in total.